The highest BCUT2D eigenvalue weighted by Crippen LogP contribution is 2.66. The Morgan fingerprint density at radius 3 is 2.52 bits per heavy atom. The topological polar surface area (TPSA) is 101 Å². The summed E-state index contributed by atoms with van der Waals surface area (Å²) in [5.74, 6) is -1.75. The van der Waals surface area contributed by atoms with Gasteiger partial charge in [0.2, 0.25) is 11.8 Å². The lowest BCUT2D eigenvalue weighted by Gasteiger charge is -2.49. The minimum Gasteiger partial charge on any atom is -0.492 e. The van der Waals surface area contributed by atoms with Gasteiger partial charge in [-0.2, -0.15) is 13.2 Å². The average Bonchev–Trinajstić information content (AvgIpc) is 3.62. The van der Waals surface area contributed by atoms with Crippen molar-refractivity contribution in [2.75, 3.05) is 6.54 Å². The van der Waals surface area contributed by atoms with Gasteiger partial charge in [-0.3, -0.25) is 4.79 Å². The summed E-state index contributed by atoms with van der Waals surface area (Å²) >= 11 is 0. The van der Waals surface area contributed by atoms with Crippen molar-refractivity contribution in [3.05, 3.63) is 34.9 Å². The Morgan fingerprint density at radius 1 is 1.11 bits per heavy atom. The SMILES string of the molecule is CC1=C2C[C@H]3[C@@H](CC=C4C[C@@H](CC(=O)On5c(O)ccc5O)CC[C@@]43C)[C@@H]2CC[C@]12O[C@@H]1C[C@H](C)CN(C(=O)C(F)(F)F)[C@H]1[C@H]2C. The van der Waals surface area contributed by atoms with E-state index in [-0.39, 0.29) is 47.9 Å². The maximum atomic E-state index is 13.7. The highest BCUT2D eigenvalue weighted by atomic mass is 19.4. The van der Waals surface area contributed by atoms with Crippen molar-refractivity contribution in [2.45, 2.75) is 109 Å². The number of aromatic hydroxyl groups is 2. The number of allylic oxidation sites excluding steroid dienone is 3. The molecule has 7 rings (SSSR count). The molecule has 1 aromatic rings. The smallest absolute Gasteiger partial charge is 0.471 e. The molecule has 4 fully saturated rings. The van der Waals surface area contributed by atoms with Crippen molar-refractivity contribution in [3.8, 4) is 11.8 Å². The van der Waals surface area contributed by atoms with Crippen LogP contribution in [0.5, 0.6) is 11.8 Å². The molecule has 0 bridgehead atoms. The molecule has 2 aliphatic heterocycles. The standard InChI is InChI=1S/C35H45F3N2O6/c1-18-13-27-31(39(17-18)32(44)35(36,37)38)20(3)34(45-27)12-10-23-24-6-5-22-14-21(15-30(43)46-40-28(41)7-8-29(40)42)9-11-33(22,4)26(24)16-25(23)19(34)2/h5,7-8,18,20-21,23-24,26-27,31,41-42H,6,9-17H2,1-4H3/t18-,20+,21-,23-,24-,26-,27+,31-,33-,34-/m0/s1. The number of fused-ring (bicyclic) bond motifs is 6. The van der Waals surface area contributed by atoms with Gasteiger partial charge in [-0.25, -0.2) is 4.79 Å². The first-order chi connectivity index (χ1) is 21.6. The van der Waals surface area contributed by atoms with Crippen molar-refractivity contribution in [3.63, 3.8) is 0 Å². The van der Waals surface area contributed by atoms with Crippen LogP contribution in [-0.4, -0.2) is 62.2 Å². The molecule has 0 unspecified atom stereocenters. The quantitative estimate of drug-likeness (QED) is 0.373. The second-order valence-corrected chi connectivity index (χ2v) is 15.4. The molecule has 2 saturated carbocycles. The van der Waals surface area contributed by atoms with Gasteiger partial charge < -0.3 is 24.7 Å². The highest BCUT2D eigenvalue weighted by Gasteiger charge is 2.63. The fourth-order valence-electron chi connectivity index (χ4n) is 10.9. The first-order valence-electron chi connectivity index (χ1n) is 16.9. The molecule has 11 heteroatoms. The van der Waals surface area contributed by atoms with Crippen LogP contribution in [0.3, 0.4) is 0 Å². The third kappa shape index (κ3) is 4.72. The number of halogens is 3. The Kier molecular flexibility index (Phi) is 7.42. The van der Waals surface area contributed by atoms with Crippen molar-refractivity contribution < 1.29 is 42.5 Å². The lowest BCUT2D eigenvalue weighted by molar-refractivity contribution is -0.192. The maximum absolute atomic E-state index is 13.7. The van der Waals surface area contributed by atoms with Crippen LogP contribution in [-0.2, 0) is 14.3 Å². The van der Waals surface area contributed by atoms with Crippen LogP contribution >= 0.6 is 0 Å². The van der Waals surface area contributed by atoms with E-state index >= 15 is 0 Å². The maximum Gasteiger partial charge on any atom is 0.471 e. The first-order valence-corrected chi connectivity index (χ1v) is 16.9. The number of alkyl halides is 3. The fraction of sp³-hybridized carbons (Fsp3) is 0.714. The van der Waals surface area contributed by atoms with E-state index in [0.717, 1.165) is 54.6 Å². The molecule has 1 aromatic heterocycles. The molecule has 1 spiro atoms. The van der Waals surface area contributed by atoms with E-state index in [0.29, 0.717) is 24.2 Å². The third-order valence-electron chi connectivity index (χ3n) is 13.1. The summed E-state index contributed by atoms with van der Waals surface area (Å²) in [6.45, 7) is 8.51. The molecule has 0 aromatic carbocycles. The highest BCUT2D eigenvalue weighted by molar-refractivity contribution is 5.82. The molecule has 46 heavy (non-hydrogen) atoms. The second kappa shape index (κ2) is 10.8. The van der Waals surface area contributed by atoms with Crippen molar-refractivity contribution in [2.24, 2.45) is 40.9 Å². The summed E-state index contributed by atoms with van der Waals surface area (Å²) in [6, 6.07) is 1.93. The Hall–Kier alpha value is -2.95. The van der Waals surface area contributed by atoms with Crippen LogP contribution in [0.1, 0.15) is 85.5 Å². The number of hydrogen-bond donors (Lipinski definition) is 2. The minimum atomic E-state index is -4.91. The van der Waals surface area contributed by atoms with Gasteiger partial charge in [-0.15, -0.1) is 4.73 Å². The number of hydrogen-bond acceptors (Lipinski definition) is 6. The molecular weight excluding hydrogens is 601 g/mol. The number of nitrogens with zero attached hydrogens (tertiary/aromatic N) is 2. The van der Waals surface area contributed by atoms with Crippen LogP contribution in [0.2, 0.25) is 0 Å². The summed E-state index contributed by atoms with van der Waals surface area (Å²) < 4.78 is 48.6. The molecule has 0 radical (unpaired) electrons. The van der Waals surface area contributed by atoms with Crippen LogP contribution in [0.25, 0.3) is 0 Å². The summed E-state index contributed by atoms with van der Waals surface area (Å²) in [7, 11) is 0. The molecule has 3 heterocycles. The number of carbonyl (C=O) groups is 2. The van der Waals surface area contributed by atoms with Gasteiger partial charge in [0.25, 0.3) is 0 Å². The van der Waals surface area contributed by atoms with E-state index in [2.05, 4.69) is 19.9 Å². The van der Waals surface area contributed by atoms with Crippen LogP contribution in [0.15, 0.2) is 34.9 Å². The van der Waals surface area contributed by atoms with Crippen LogP contribution in [0.4, 0.5) is 13.2 Å². The van der Waals surface area contributed by atoms with Crippen LogP contribution < -0.4 is 4.84 Å². The summed E-state index contributed by atoms with van der Waals surface area (Å²) in [5.41, 5.74) is 3.34. The lowest BCUT2D eigenvalue weighted by Crippen LogP contribution is -2.57. The largest absolute Gasteiger partial charge is 0.492 e. The first kappa shape index (κ1) is 31.6. The molecule has 6 aliphatic rings. The van der Waals surface area contributed by atoms with Gasteiger partial charge >= 0.3 is 18.1 Å². The zero-order chi connectivity index (χ0) is 32.9. The second-order valence-electron chi connectivity index (χ2n) is 15.4. The number of amides is 1. The number of aromatic nitrogens is 1. The predicted octanol–water partition coefficient (Wildman–Crippen LogP) is 6.32. The van der Waals surface area contributed by atoms with Gasteiger partial charge in [0, 0.05) is 24.6 Å². The molecule has 2 saturated heterocycles. The monoisotopic (exact) mass is 646 g/mol. The molecule has 1 amide bonds. The Balaban J connectivity index is 1.09. The van der Waals surface area contributed by atoms with E-state index in [1.54, 1.807) is 0 Å². The van der Waals surface area contributed by atoms with Gasteiger partial charge in [-0.1, -0.05) is 38.0 Å². The molecular formula is C35H45F3N2O6. The van der Waals surface area contributed by atoms with E-state index < -0.39 is 35.8 Å². The number of rotatable bonds is 3. The zero-order valence-corrected chi connectivity index (χ0v) is 27.0. The average molecular weight is 647 g/mol. The van der Waals surface area contributed by atoms with Gasteiger partial charge in [0.1, 0.15) is 0 Å². The predicted molar refractivity (Wildman–Crippen MR) is 161 cm³/mol. The summed E-state index contributed by atoms with van der Waals surface area (Å²) in [5, 5.41) is 19.7. The third-order valence-corrected chi connectivity index (χ3v) is 13.1. The van der Waals surface area contributed by atoms with E-state index in [1.807, 2.05) is 13.8 Å². The summed E-state index contributed by atoms with van der Waals surface area (Å²) in [6.07, 6.45) is 4.18. The Morgan fingerprint density at radius 2 is 1.83 bits per heavy atom. The van der Waals surface area contributed by atoms with E-state index in [1.165, 1.54) is 28.9 Å². The molecule has 252 valence electrons. The molecule has 2 N–H and O–H groups in total. The molecule has 8 nitrogen and oxygen atoms in total. The van der Waals surface area contributed by atoms with E-state index in [4.69, 9.17) is 9.57 Å². The zero-order valence-electron chi connectivity index (χ0n) is 27.0. The number of carbonyl (C=O) groups excluding carboxylic acids is 2. The van der Waals surface area contributed by atoms with Crippen molar-refractivity contribution in [1.82, 2.24) is 9.63 Å². The Labute approximate surface area is 267 Å². The Bertz CT molecular complexity index is 1480. The van der Waals surface area contributed by atoms with Gasteiger partial charge in [-0.05, 0) is 98.9 Å². The van der Waals surface area contributed by atoms with Gasteiger partial charge in [0.15, 0.2) is 0 Å². The normalized spacial score (nSPS) is 40.2. The van der Waals surface area contributed by atoms with E-state index in [9.17, 15) is 33.0 Å². The van der Waals surface area contributed by atoms with Crippen LogP contribution in [0, 0.1) is 40.9 Å². The summed E-state index contributed by atoms with van der Waals surface area (Å²) in [4.78, 5) is 31.6. The molecule has 4 aliphatic carbocycles. The lowest BCUT2D eigenvalue weighted by atomic mass is 9.55. The van der Waals surface area contributed by atoms with Crippen molar-refractivity contribution >= 4 is 11.9 Å². The minimum absolute atomic E-state index is 0.000432. The molecule has 10 atom stereocenters. The number of likely N-dealkylation sites (tertiary alicyclic amines) is 1. The van der Waals surface area contributed by atoms with Crippen molar-refractivity contribution in [1.29, 1.82) is 0 Å². The fourth-order valence-corrected chi connectivity index (χ4v) is 10.9. The number of ether oxygens (including phenoxy) is 1. The number of piperidine rings is 1. The van der Waals surface area contributed by atoms with Gasteiger partial charge in [0.05, 0.1) is 24.2 Å².